The number of fused-ring (bicyclic) bond motifs is 7. The lowest BCUT2D eigenvalue weighted by atomic mass is 9.43. The molecular weight excluding hydrogens is 547 g/mol. The molecule has 9 unspecified atom stereocenters. The fraction of sp³-hybridized carbons (Fsp3) is 0.600. The summed E-state index contributed by atoms with van der Waals surface area (Å²) < 4.78 is 46.9. The molecular formula is C30H33ClF3NO3S. The summed E-state index contributed by atoms with van der Waals surface area (Å²) in [5, 5.41) is 12.0. The highest BCUT2D eigenvalue weighted by atomic mass is 35.5. The van der Waals surface area contributed by atoms with Gasteiger partial charge in [0.15, 0.2) is 16.6 Å². The number of thioether (sulfide) groups is 1. The molecule has 0 bridgehead atoms. The summed E-state index contributed by atoms with van der Waals surface area (Å²) in [7, 11) is 0. The van der Waals surface area contributed by atoms with E-state index in [1.165, 1.54) is 18.2 Å². The van der Waals surface area contributed by atoms with E-state index >= 15 is 8.78 Å². The van der Waals surface area contributed by atoms with Crippen molar-refractivity contribution in [3.8, 4) is 0 Å². The molecule has 9 atom stereocenters. The zero-order chi connectivity index (χ0) is 28.0. The maximum atomic E-state index is 17.5. The topological polar surface area (TPSA) is 57.6 Å². The number of aliphatic hydroxyl groups excluding tert-OH is 1. The molecule has 0 spiro atoms. The monoisotopic (exact) mass is 579 g/mol. The lowest BCUT2D eigenvalue weighted by molar-refractivity contribution is -0.210. The van der Waals surface area contributed by atoms with E-state index in [1.54, 1.807) is 13.0 Å². The number of nitrogens with zero attached hydrogens (tertiary/aromatic N) is 1. The van der Waals surface area contributed by atoms with Crippen LogP contribution >= 0.6 is 23.4 Å². The van der Waals surface area contributed by atoms with Crippen molar-refractivity contribution in [2.24, 2.45) is 34.0 Å². The standard InChI is InChI=1S/C30H33ClF3NO3S/c1-27-7-6-20(36)10-23(27)24(33)11-22-21-9-18-14-35(13-17-4-3-5-19(31)8-17)15-29(18,26(38)39-16-32)28(21,2)12-25(37)30(22,27)34/h3-8,10,18,21-22,24-25,37H,9,11-16H2,1-2H3. The molecule has 0 amide bonds. The Balaban J connectivity index is 1.40. The van der Waals surface area contributed by atoms with Crippen LogP contribution in [0, 0.1) is 34.0 Å². The van der Waals surface area contributed by atoms with Gasteiger partial charge in [0.25, 0.3) is 0 Å². The van der Waals surface area contributed by atoms with Crippen molar-refractivity contribution in [1.82, 2.24) is 4.90 Å². The molecule has 1 heterocycles. The zero-order valence-corrected chi connectivity index (χ0v) is 23.6. The minimum absolute atomic E-state index is 0.00632. The van der Waals surface area contributed by atoms with E-state index in [0.717, 1.165) is 5.56 Å². The number of carbonyl (C=O) groups excluding carboxylic acids is 2. The quantitative estimate of drug-likeness (QED) is 0.483. The van der Waals surface area contributed by atoms with Gasteiger partial charge in [-0.1, -0.05) is 48.5 Å². The van der Waals surface area contributed by atoms with Gasteiger partial charge in [-0.25, -0.2) is 13.2 Å². The predicted octanol–water partition coefficient (Wildman–Crippen LogP) is 5.87. The highest BCUT2D eigenvalue weighted by Gasteiger charge is 2.78. The molecule has 1 aliphatic heterocycles. The van der Waals surface area contributed by atoms with Crippen molar-refractivity contribution >= 4 is 34.3 Å². The van der Waals surface area contributed by atoms with Crippen molar-refractivity contribution < 1.29 is 27.9 Å². The third-order valence-electron chi connectivity index (χ3n) is 11.1. The molecule has 4 nitrogen and oxygen atoms in total. The van der Waals surface area contributed by atoms with Gasteiger partial charge < -0.3 is 5.11 Å². The Morgan fingerprint density at radius 3 is 2.74 bits per heavy atom. The van der Waals surface area contributed by atoms with Crippen LogP contribution in [0.2, 0.25) is 5.02 Å². The summed E-state index contributed by atoms with van der Waals surface area (Å²) in [6.45, 7) is 4.99. The Kier molecular flexibility index (Phi) is 6.50. The summed E-state index contributed by atoms with van der Waals surface area (Å²) in [5.41, 5.74) is -4.44. The first kappa shape index (κ1) is 27.6. The second-order valence-corrected chi connectivity index (χ2v) is 13.9. The maximum Gasteiger partial charge on any atom is 0.199 e. The fourth-order valence-corrected chi connectivity index (χ4v) is 10.4. The van der Waals surface area contributed by atoms with Gasteiger partial charge in [-0.3, -0.25) is 14.5 Å². The molecule has 4 aliphatic carbocycles. The summed E-state index contributed by atoms with van der Waals surface area (Å²) in [4.78, 5) is 28.1. The summed E-state index contributed by atoms with van der Waals surface area (Å²) in [6, 6.07) is 6.65. The van der Waals surface area contributed by atoms with E-state index in [1.807, 2.05) is 25.1 Å². The molecule has 6 rings (SSSR count). The van der Waals surface area contributed by atoms with Crippen LogP contribution in [-0.4, -0.2) is 57.9 Å². The minimum atomic E-state index is -2.20. The Morgan fingerprint density at radius 2 is 2.03 bits per heavy atom. The molecule has 5 aliphatic rings. The molecule has 1 saturated heterocycles. The first-order chi connectivity index (χ1) is 18.4. The van der Waals surface area contributed by atoms with Crippen molar-refractivity contribution in [2.75, 3.05) is 19.1 Å². The summed E-state index contributed by atoms with van der Waals surface area (Å²) in [6.07, 6.45) is 1.21. The van der Waals surface area contributed by atoms with Crippen LogP contribution in [0.15, 0.2) is 48.1 Å². The average Bonchev–Trinajstić information content (AvgIpc) is 3.35. The van der Waals surface area contributed by atoms with Gasteiger partial charge in [-0.2, -0.15) is 0 Å². The molecule has 9 heteroatoms. The average molecular weight is 580 g/mol. The fourth-order valence-electron chi connectivity index (χ4n) is 9.40. The number of allylic oxidation sites excluding steroid dienone is 4. The Hall–Kier alpha value is -1.61. The lowest BCUT2D eigenvalue weighted by Crippen LogP contribution is -2.69. The lowest BCUT2D eigenvalue weighted by Gasteiger charge is -2.63. The Bertz CT molecular complexity index is 1290. The van der Waals surface area contributed by atoms with E-state index < -0.39 is 46.1 Å². The van der Waals surface area contributed by atoms with Gasteiger partial charge >= 0.3 is 0 Å². The molecule has 210 valence electrons. The van der Waals surface area contributed by atoms with Crippen LogP contribution in [-0.2, 0) is 16.1 Å². The van der Waals surface area contributed by atoms with Gasteiger partial charge in [0.1, 0.15) is 12.2 Å². The summed E-state index contributed by atoms with van der Waals surface area (Å²) in [5.74, 6) is -1.80. The molecule has 3 saturated carbocycles. The number of rotatable bonds is 4. The largest absolute Gasteiger partial charge is 0.390 e. The third-order valence-corrected chi connectivity index (χ3v) is 12.0. The number of hydrogen-bond donors (Lipinski definition) is 1. The van der Waals surface area contributed by atoms with E-state index in [2.05, 4.69) is 4.90 Å². The second-order valence-electron chi connectivity index (χ2n) is 12.6. The number of hydrogen-bond acceptors (Lipinski definition) is 5. The van der Waals surface area contributed by atoms with Crippen LogP contribution < -0.4 is 0 Å². The number of alkyl halides is 3. The number of carbonyl (C=O) groups is 2. The van der Waals surface area contributed by atoms with Crippen molar-refractivity contribution in [3.63, 3.8) is 0 Å². The summed E-state index contributed by atoms with van der Waals surface area (Å²) >= 11 is 6.84. The minimum Gasteiger partial charge on any atom is -0.390 e. The Labute approximate surface area is 236 Å². The first-order valence-corrected chi connectivity index (χ1v) is 14.9. The Morgan fingerprint density at radius 1 is 1.26 bits per heavy atom. The second kappa shape index (κ2) is 9.20. The van der Waals surface area contributed by atoms with Crippen LogP contribution in [0.25, 0.3) is 0 Å². The number of halogens is 4. The molecule has 39 heavy (non-hydrogen) atoms. The molecule has 1 aromatic carbocycles. The predicted molar refractivity (Wildman–Crippen MR) is 145 cm³/mol. The first-order valence-electron chi connectivity index (χ1n) is 13.6. The van der Waals surface area contributed by atoms with Crippen molar-refractivity contribution in [2.45, 2.75) is 57.6 Å². The highest BCUT2D eigenvalue weighted by Crippen LogP contribution is 2.75. The maximum absolute atomic E-state index is 17.5. The normalized spacial score (nSPS) is 44.8. The van der Waals surface area contributed by atoms with Crippen LogP contribution in [0.5, 0.6) is 0 Å². The number of ketones is 1. The van der Waals surface area contributed by atoms with Crippen LogP contribution in [0.4, 0.5) is 13.2 Å². The molecule has 4 fully saturated rings. The zero-order valence-electron chi connectivity index (χ0n) is 22.0. The number of benzene rings is 1. The van der Waals surface area contributed by atoms with Crippen LogP contribution in [0.3, 0.4) is 0 Å². The van der Waals surface area contributed by atoms with Gasteiger partial charge in [0, 0.05) is 36.0 Å². The highest BCUT2D eigenvalue weighted by molar-refractivity contribution is 8.13. The van der Waals surface area contributed by atoms with Crippen molar-refractivity contribution in [1.29, 1.82) is 0 Å². The smallest absolute Gasteiger partial charge is 0.199 e. The SMILES string of the molecule is CC12C=CC(=O)C=C1C(F)CC1C3CC4CN(Cc5cccc(Cl)c5)CC4(C(=O)SCF)C3(C)CC(O)C12F. The molecule has 0 radical (unpaired) electrons. The molecule has 1 aromatic rings. The van der Waals surface area contributed by atoms with Gasteiger partial charge in [0.2, 0.25) is 0 Å². The van der Waals surface area contributed by atoms with Gasteiger partial charge in [-0.05, 0) is 78.9 Å². The van der Waals surface area contributed by atoms with E-state index in [-0.39, 0.29) is 41.1 Å². The van der Waals surface area contributed by atoms with E-state index in [0.29, 0.717) is 42.8 Å². The van der Waals surface area contributed by atoms with E-state index in [4.69, 9.17) is 11.6 Å². The molecule has 0 aromatic heterocycles. The van der Waals surface area contributed by atoms with E-state index in [9.17, 15) is 19.1 Å². The molecule has 1 N–H and O–H groups in total. The van der Waals surface area contributed by atoms with Crippen molar-refractivity contribution in [3.05, 3.63) is 58.7 Å². The number of aliphatic hydroxyl groups is 1. The number of likely N-dealkylation sites (tertiary alicyclic amines) is 1. The van der Waals surface area contributed by atoms with Gasteiger partial charge in [-0.15, -0.1) is 0 Å². The van der Waals surface area contributed by atoms with Crippen LogP contribution in [0.1, 0.15) is 38.7 Å². The third kappa shape index (κ3) is 3.60. The van der Waals surface area contributed by atoms with Gasteiger partial charge in [0.05, 0.1) is 11.5 Å².